The highest BCUT2D eigenvalue weighted by atomic mass is 19.3. The van der Waals surface area contributed by atoms with Crippen LogP contribution in [-0.4, -0.2) is 37.3 Å². The summed E-state index contributed by atoms with van der Waals surface area (Å²) in [5, 5.41) is 0. The Morgan fingerprint density at radius 2 is 1.38 bits per heavy atom. The quantitative estimate of drug-likeness (QED) is 0.541. The van der Waals surface area contributed by atoms with Crippen LogP contribution in [0.15, 0.2) is 0 Å². The Labute approximate surface area is 83.2 Å². The van der Waals surface area contributed by atoms with Crippen LogP contribution < -0.4 is 0 Å². The summed E-state index contributed by atoms with van der Waals surface area (Å²) in [5.41, 5.74) is 0. The maximum atomic E-state index is 12.4. The minimum absolute atomic E-state index is 0.940. The smallest absolute Gasteiger partial charge is 0.378 e. The summed E-state index contributed by atoms with van der Waals surface area (Å²) in [6, 6.07) is 0. The van der Waals surface area contributed by atoms with Gasteiger partial charge in [-0.25, -0.2) is 13.2 Å². The van der Waals surface area contributed by atoms with Gasteiger partial charge in [0.2, 0.25) is 6.17 Å². The fraction of sp³-hybridized carbons (Fsp3) is 0.833. The number of carbonyl (C=O) groups is 1. The van der Waals surface area contributed by atoms with E-state index >= 15 is 0 Å². The van der Waals surface area contributed by atoms with Crippen LogP contribution in [0.4, 0.5) is 35.1 Å². The molecule has 0 aromatic rings. The van der Waals surface area contributed by atoms with Crippen LogP contribution in [0, 0.1) is 0 Å². The first kappa shape index (κ1) is 14.9. The molecule has 0 radical (unpaired) electrons. The Bertz CT molecular complexity index is 243. The summed E-state index contributed by atoms with van der Waals surface area (Å²) >= 11 is 0. The Kier molecular flexibility index (Phi) is 4.50. The highest BCUT2D eigenvalue weighted by molar-refractivity contribution is 5.37. The molecule has 2 unspecified atom stereocenters. The molecule has 16 heavy (non-hydrogen) atoms. The average molecular weight is 260 g/mol. The molecule has 0 rings (SSSR count). The number of alkyl halides is 8. The first-order valence-electron chi connectivity index (χ1n) is 3.50. The van der Waals surface area contributed by atoms with Crippen molar-refractivity contribution in [2.75, 3.05) is 0 Å². The van der Waals surface area contributed by atoms with E-state index in [4.69, 9.17) is 0 Å². The molecule has 0 heterocycles. The van der Waals surface area contributed by atoms with Crippen LogP contribution >= 0.6 is 0 Å². The minimum atomic E-state index is -6.01. The lowest BCUT2D eigenvalue weighted by molar-refractivity contribution is -0.311. The predicted octanol–water partition coefficient (Wildman–Crippen LogP) is 2.33. The SMILES string of the molecule is O=COC(F)C(F)(F)C(F)(F)C(F)C(F)F. The van der Waals surface area contributed by atoms with Gasteiger partial charge in [0.15, 0.2) is 0 Å². The fourth-order valence-electron chi connectivity index (χ4n) is 0.628. The molecule has 0 aromatic carbocycles. The van der Waals surface area contributed by atoms with Gasteiger partial charge in [0.25, 0.3) is 12.9 Å². The molecular formula is C6H4F8O2. The largest absolute Gasteiger partial charge is 0.426 e. The standard InChI is InChI=1S/C6H4F8O2/c7-2(3(8)9)5(11,12)6(13,14)4(10)16-1-15/h1-4H. The zero-order valence-corrected chi connectivity index (χ0v) is 7.15. The van der Waals surface area contributed by atoms with Crippen molar-refractivity contribution in [1.29, 1.82) is 0 Å². The summed E-state index contributed by atoms with van der Waals surface area (Å²) in [6.45, 7) is -0.940. The van der Waals surface area contributed by atoms with Gasteiger partial charge in [-0.2, -0.15) is 22.0 Å². The Morgan fingerprint density at radius 1 is 0.938 bits per heavy atom. The number of rotatable bonds is 6. The summed E-state index contributed by atoms with van der Waals surface area (Å²) in [6.07, 6.45) is -13.3. The summed E-state index contributed by atoms with van der Waals surface area (Å²) in [7, 11) is 0. The topological polar surface area (TPSA) is 26.3 Å². The molecule has 0 aliphatic heterocycles. The van der Waals surface area contributed by atoms with Crippen molar-refractivity contribution in [3.8, 4) is 0 Å². The summed E-state index contributed by atoms with van der Waals surface area (Å²) < 4.78 is 99.7. The Balaban J connectivity index is 5.03. The Hall–Kier alpha value is -1.09. The van der Waals surface area contributed by atoms with Gasteiger partial charge in [0.05, 0.1) is 0 Å². The highest BCUT2D eigenvalue weighted by Crippen LogP contribution is 2.43. The first-order chi connectivity index (χ1) is 7.09. The van der Waals surface area contributed by atoms with Gasteiger partial charge < -0.3 is 4.74 Å². The zero-order chi connectivity index (χ0) is 13.1. The van der Waals surface area contributed by atoms with E-state index in [1.165, 1.54) is 0 Å². The molecule has 0 fully saturated rings. The van der Waals surface area contributed by atoms with E-state index in [-0.39, 0.29) is 0 Å². The molecule has 2 atom stereocenters. The van der Waals surface area contributed by atoms with E-state index in [0.29, 0.717) is 0 Å². The van der Waals surface area contributed by atoms with Crippen molar-refractivity contribution >= 4 is 6.47 Å². The zero-order valence-electron chi connectivity index (χ0n) is 7.15. The van der Waals surface area contributed by atoms with E-state index < -0.39 is 37.3 Å². The van der Waals surface area contributed by atoms with Gasteiger partial charge in [-0.1, -0.05) is 0 Å². The highest BCUT2D eigenvalue weighted by Gasteiger charge is 2.69. The fourth-order valence-corrected chi connectivity index (χ4v) is 0.628. The van der Waals surface area contributed by atoms with Crippen LogP contribution in [0.3, 0.4) is 0 Å². The molecular weight excluding hydrogens is 256 g/mol. The minimum Gasteiger partial charge on any atom is -0.426 e. The molecule has 0 bridgehead atoms. The average Bonchev–Trinajstić information content (AvgIpc) is 2.16. The van der Waals surface area contributed by atoms with Gasteiger partial charge in [-0.3, -0.25) is 4.79 Å². The third-order valence-corrected chi connectivity index (χ3v) is 1.47. The normalized spacial score (nSPS) is 17.1. The molecule has 0 N–H and O–H groups in total. The van der Waals surface area contributed by atoms with Gasteiger partial charge in [-0.05, 0) is 0 Å². The van der Waals surface area contributed by atoms with Crippen LogP contribution in [0.25, 0.3) is 0 Å². The van der Waals surface area contributed by atoms with Gasteiger partial charge in [-0.15, -0.1) is 0 Å². The third-order valence-electron chi connectivity index (χ3n) is 1.47. The maximum absolute atomic E-state index is 12.4. The van der Waals surface area contributed by atoms with Gasteiger partial charge in [0, 0.05) is 0 Å². The molecule has 0 aliphatic rings. The number of hydrogen-bond donors (Lipinski definition) is 0. The lowest BCUT2D eigenvalue weighted by Gasteiger charge is -2.29. The number of halogens is 8. The van der Waals surface area contributed by atoms with Crippen LogP contribution in [0.1, 0.15) is 0 Å². The van der Waals surface area contributed by atoms with Gasteiger partial charge >= 0.3 is 18.2 Å². The van der Waals surface area contributed by atoms with Crippen molar-refractivity contribution in [3.05, 3.63) is 0 Å². The second-order valence-corrected chi connectivity index (χ2v) is 2.53. The van der Waals surface area contributed by atoms with Crippen LogP contribution in [0.5, 0.6) is 0 Å². The molecule has 0 saturated heterocycles. The summed E-state index contributed by atoms with van der Waals surface area (Å²) in [4.78, 5) is 9.41. The van der Waals surface area contributed by atoms with Crippen LogP contribution in [-0.2, 0) is 9.53 Å². The Morgan fingerprint density at radius 3 is 1.69 bits per heavy atom. The number of ether oxygens (including phenoxy) is 1. The van der Waals surface area contributed by atoms with E-state index in [1.54, 1.807) is 0 Å². The molecule has 0 aliphatic carbocycles. The van der Waals surface area contributed by atoms with Crippen LogP contribution in [0.2, 0.25) is 0 Å². The molecule has 10 heteroatoms. The van der Waals surface area contributed by atoms with Crippen molar-refractivity contribution < 1.29 is 44.7 Å². The maximum Gasteiger partial charge on any atom is 0.378 e. The predicted molar refractivity (Wildman–Crippen MR) is 32.8 cm³/mol. The molecule has 96 valence electrons. The van der Waals surface area contributed by atoms with Crippen molar-refractivity contribution in [2.24, 2.45) is 0 Å². The number of carbonyl (C=O) groups excluding carboxylic acids is 1. The first-order valence-corrected chi connectivity index (χ1v) is 3.50. The van der Waals surface area contributed by atoms with Crippen molar-refractivity contribution in [3.63, 3.8) is 0 Å². The summed E-state index contributed by atoms with van der Waals surface area (Å²) in [5.74, 6) is -11.9. The second-order valence-electron chi connectivity index (χ2n) is 2.53. The molecule has 0 aromatic heterocycles. The van der Waals surface area contributed by atoms with E-state index in [9.17, 15) is 39.9 Å². The van der Waals surface area contributed by atoms with Crippen molar-refractivity contribution in [2.45, 2.75) is 30.8 Å². The van der Waals surface area contributed by atoms with E-state index in [1.807, 2.05) is 0 Å². The third kappa shape index (κ3) is 2.53. The molecule has 0 saturated carbocycles. The molecule has 2 nitrogen and oxygen atoms in total. The molecule has 0 amide bonds. The van der Waals surface area contributed by atoms with Crippen molar-refractivity contribution in [1.82, 2.24) is 0 Å². The monoisotopic (exact) mass is 260 g/mol. The second kappa shape index (κ2) is 4.83. The van der Waals surface area contributed by atoms with E-state index in [2.05, 4.69) is 4.74 Å². The number of hydrogen-bond acceptors (Lipinski definition) is 2. The lowest BCUT2D eigenvalue weighted by Crippen LogP contribution is -2.56. The van der Waals surface area contributed by atoms with Gasteiger partial charge in [0.1, 0.15) is 0 Å². The lowest BCUT2D eigenvalue weighted by atomic mass is 10.1. The van der Waals surface area contributed by atoms with E-state index in [0.717, 1.165) is 0 Å². The molecule has 0 spiro atoms.